The molecule has 0 atom stereocenters. The molecule has 3 aromatic heterocycles. The lowest BCUT2D eigenvalue weighted by Gasteiger charge is -2.22. The smallest absolute Gasteiger partial charge is 0.167 e. The summed E-state index contributed by atoms with van der Waals surface area (Å²) in [5, 5.41) is 4.53. The van der Waals surface area contributed by atoms with Crippen LogP contribution in [-0.2, 0) is 5.41 Å². The van der Waals surface area contributed by atoms with Crippen LogP contribution in [0.5, 0.6) is 0 Å². The summed E-state index contributed by atoms with van der Waals surface area (Å²) in [5.74, 6) is 1.76. The van der Waals surface area contributed by atoms with Gasteiger partial charge in [-0.25, -0.2) is 15.0 Å². The Balaban J connectivity index is 1.18. The fourth-order valence-corrected chi connectivity index (χ4v) is 8.54. The number of benzene rings is 7. The van der Waals surface area contributed by atoms with Crippen molar-refractivity contribution in [3.63, 3.8) is 0 Å². The van der Waals surface area contributed by atoms with E-state index in [-0.39, 0.29) is 5.41 Å². The summed E-state index contributed by atoms with van der Waals surface area (Å²) in [6, 6.07) is 55.3. The molecule has 0 spiro atoms. The molecule has 0 aliphatic heterocycles. The van der Waals surface area contributed by atoms with E-state index in [9.17, 15) is 0 Å². The van der Waals surface area contributed by atoms with Crippen LogP contribution < -0.4 is 0 Å². The zero-order valence-electron chi connectivity index (χ0n) is 29.2. The first kappa shape index (κ1) is 29.8. The molecular weight excluding hydrogens is 649 g/mol. The number of fused-ring (bicyclic) bond motifs is 9. The van der Waals surface area contributed by atoms with E-state index in [0.717, 1.165) is 55.3 Å². The summed E-state index contributed by atoms with van der Waals surface area (Å²) >= 11 is 0. The van der Waals surface area contributed by atoms with Crippen LogP contribution in [0.15, 0.2) is 162 Å². The highest BCUT2D eigenvalue weighted by Gasteiger charge is 2.36. The topological polar surface area (TPSA) is 56.7 Å². The quantitative estimate of drug-likeness (QED) is 0.186. The number of aromatic nitrogens is 4. The van der Waals surface area contributed by atoms with Gasteiger partial charge in [-0.1, -0.05) is 129 Å². The molecule has 1 aliphatic rings. The standard InChI is InChI=1S/C48H32N4O/c1-48(2)38-23-10-6-17-30(38)36-27-37-31-18-7-11-24-40(31)52(42(37)28-39(36)48)41-25-12-8-20-34(41)46-49-45(29-15-4-3-5-16-29)50-47(51-46)35-22-14-21-33-32-19-9-13-26-43(32)53-44(33)35/h3-28H,1-2H3. The van der Waals surface area contributed by atoms with Crippen LogP contribution in [0.25, 0.3) is 94.7 Å². The van der Waals surface area contributed by atoms with Crippen LogP contribution in [0.2, 0.25) is 0 Å². The predicted octanol–water partition coefficient (Wildman–Crippen LogP) is 12.2. The molecule has 0 bridgehead atoms. The largest absolute Gasteiger partial charge is 0.455 e. The average Bonchev–Trinajstić information content (AvgIpc) is 3.83. The van der Waals surface area contributed by atoms with Gasteiger partial charge in [0.15, 0.2) is 17.5 Å². The second-order valence-corrected chi connectivity index (χ2v) is 14.4. The van der Waals surface area contributed by atoms with Crippen LogP contribution in [0, 0.1) is 0 Å². The van der Waals surface area contributed by atoms with E-state index in [1.165, 1.54) is 33.0 Å². The van der Waals surface area contributed by atoms with Crippen LogP contribution >= 0.6 is 0 Å². The van der Waals surface area contributed by atoms with Crippen molar-refractivity contribution in [1.82, 2.24) is 19.5 Å². The number of para-hydroxylation sites is 4. The lowest BCUT2D eigenvalue weighted by atomic mass is 9.82. The first-order valence-corrected chi connectivity index (χ1v) is 18.0. The Morgan fingerprint density at radius 2 is 1.09 bits per heavy atom. The average molecular weight is 681 g/mol. The van der Waals surface area contributed by atoms with Gasteiger partial charge in [0.2, 0.25) is 0 Å². The van der Waals surface area contributed by atoms with Gasteiger partial charge in [0, 0.05) is 38.1 Å². The molecule has 53 heavy (non-hydrogen) atoms. The molecule has 0 fully saturated rings. The van der Waals surface area contributed by atoms with E-state index < -0.39 is 0 Å². The van der Waals surface area contributed by atoms with Gasteiger partial charge in [-0.3, -0.25) is 0 Å². The van der Waals surface area contributed by atoms with Crippen molar-refractivity contribution < 1.29 is 4.42 Å². The molecule has 11 rings (SSSR count). The van der Waals surface area contributed by atoms with Gasteiger partial charge < -0.3 is 8.98 Å². The molecule has 1 aliphatic carbocycles. The van der Waals surface area contributed by atoms with Gasteiger partial charge in [0.25, 0.3) is 0 Å². The van der Waals surface area contributed by atoms with Crippen molar-refractivity contribution in [2.24, 2.45) is 0 Å². The van der Waals surface area contributed by atoms with E-state index >= 15 is 0 Å². The molecule has 5 heteroatoms. The summed E-state index contributed by atoms with van der Waals surface area (Å²) < 4.78 is 8.87. The second kappa shape index (κ2) is 11.1. The lowest BCUT2D eigenvalue weighted by Crippen LogP contribution is -2.15. The Morgan fingerprint density at radius 1 is 0.453 bits per heavy atom. The van der Waals surface area contributed by atoms with Crippen LogP contribution in [0.4, 0.5) is 0 Å². The number of hydrogen-bond acceptors (Lipinski definition) is 4. The third-order valence-corrected chi connectivity index (χ3v) is 11.1. The number of furan rings is 1. The van der Waals surface area contributed by atoms with Crippen molar-refractivity contribution in [1.29, 1.82) is 0 Å². The fourth-order valence-electron chi connectivity index (χ4n) is 8.54. The molecule has 0 unspecified atom stereocenters. The monoisotopic (exact) mass is 680 g/mol. The Hall–Kier alpha value is -6.85. The third kappa shape index (κ3) is 4.34. The summed E-state index contributed by atoms with van der Waals surface area (Å²) in [6.07, 6.45) is 0. The van der Waals surface area contributed by atoms with Crippen molar-refractivity contribution in [3.8, 4) is 51.0 Å². The van der Waals surface area contributed by atoms with E-state index in [0.29, 0.717) is 17.5 Å². The first-order chi connectivity index (χ1) is 26.0. The molecule has 5 nitrogen and oxygen atoms in total. The molecule has 0 N–H and O–H groups in total. The van der Waals surface area contributed by atoms with Crippen molar-refractivity contribution in [2.45, 2.75) is 19.3 Å². The van der Waals surface area contributed by atoms with Crippen molar-refractivity contribution in [2.75, 3.05) is 0 Å². The minimum atomic E-state index is -0.133. The molecule has 3 heterocycles. The molecule has 0 saturated heterocycles. The zero-order valence-corrected chi connectivity index (χ0v) is 29.2. The highest BCUT2D eigenvalue weighted by atomic mass is 16.3. The van der Waals surface area contributed by atoms with Crippen LogP contribution in [0.1, 0.15) is 25.0 Å². The highest BCUT2D eigenvalue weighted by molar-refractivity contribution is 6.12. The maximum Gasteiger partial charge on any atom is 0.167 e. The maximum atomic E-state index is 6.48. The van der Waals surface area contributed by atoms with Crippen LogP contribution in [0.3, 0.4) is 0 Å². The first-order valence-electron chi connectivity index (χ1n) is 18.0. The van der Waals surface area contributed by atoms with Gasteiger partial charge >= 0.3 is 0 Å². The van der Waals surface area contributed by atoms with E-state index in [2.05, 4.69) is 122 Å². The van der Waals surface area contributed by atoms with Gasteiger partial charge in [0.1, 0.15) is 11.2 Å². The number of nitrogens with zero attached hydrogens (tertiary/aromatic N) is 4. The van der Waals surface area contributed by atoms with E-state index in [4.69, 9.17) is 19.4 Å². The molecule has 10 aromatic rings. The van der Waals surface area contributed by atoms with Gasteiger partial charge in [0.05, 0.1) is 22.3 Å². The molecule has 250 valence electrons. The molecular formula is C48H32N4O. The minimum Gasteiger partial charge on any atom is -0.455 e. The Morgan fingerprint density at radius 3 is 1.96 bits per heavy atom. The fraction of sp³-hybridized carbons (Fsp3) is 0.0625. The predicted molar refractivity (Wildman–Crippen MR) is 215 cm³/mol. The van der Waals surface area contributed by atoms with E-state index in [1.807, 2.05) is 54.6 Å². The molecule has 0 radical (unpaired) electrons. The van der Waals surface area contributed by atoms with Gasteiger partial charge in [-0.15, -0.1) is 0 Å². The van der Waals surface area contributed by atoms with Gasteiger partial charge in [-0.05, 0) is 64.7 Å². The second-order valence-electron chi connectivity index (χ2n) is 14.4. The van der Waals surface area contributed by atoms with Crippen molar-refractivity contribution >= 4 is 43.7 Å². The Kier molecular flexibility index (Phi) is 6.23. The SMILES string of the molecule is CC1(C)c2ccccc2-c2cc3c4ccccc4n(-c4ccccc4-c4nc(-c5ccccc5)nc(-c5cccc6c5oc5ccccc56)n4)c3cc21. The maximum absolute atomic E-state index is 6.48. The summed E-state index contributed by atoms with van der Waals surface area (Å²) in [4.78, 5) is 15.6. The normalized spacial score (nSPS) is 13.2. The number of hydrogen-bond donors (Lipinski definition) is 0. The summed E-state index contributed by atoms with van der Waals surface area (Å²) in [6.45, 7) is 4.68. The third-order valence-electron chi connectivity index (χ3n) is 11.1. The van der Waals surface area contributed by atoms with Crippen molar-refractivity contribution in [3.05, 3.63) is 169 Å². The molecule has 0 saturated carbocycles. The summed E-state index contributed by atoms with van der Waals surface area (Å²) in [7, 11) is 0. The number of rotatable bonds is 4. The lowest BCUT2D eigenvalue weighted by molar-refractivity contribution is 0.661. The molecule has 0 amide bonds. The minimum absolute atomic E-state index is 0.133. The van der Waals surface area contributed by atoms with Crippen LogP contribution in [-0.4, -0.2) is 19.5 Å². The molecule has 7 aromatic carbocycles. The highest BCUT2D eigenvalue weighted by Crippen LogP contribution is 2.51. The van der Waals surface area contributed by atoms with Gasteiger partial charge in [-0.2, -0.15) is 0 Å². The van der Waals surface area contributed by atoms with E-state index in [1.54, 1.807) is 0 Å². The Labute approximate surface area is 305 Å². The summed E-state index contributed by atoms with van der Waals surface area (Å²) in [5.41, 5.74) is 12.7. The Bertz CT molecular complexity index is 3100. The zero-order chi connectivity index (χ0) is 35.3.